The molecule has 1 aliphatic rings. The number of nitrogens with one attached hydrogen (secondary N) is 1. The van der Waals surface area contributed by atoms with Crippen molar-refractivity contribution in [2.45, 2.75) is 50.7 Å². The van der Waals surface area contributed by atoms with Crippen LogP contribution in [0.4, 0.5) is 4.79 Å². The Morgan fingerprint density at radius 1 is 1.16 bits per heavy atom. The fourth-order valence-electron chi connectivity index (χ4n) is 4.81. The van der Waals surface area contributed by atoms with Crippen LogP contribution < -0.4 is 16.8 Å². The molecule has 38 heavy (non-hydrogen) atoms. The van der Waals surface area contributed by atoms with E-state index in [4.69, 9.17) is 14.9 Å². The van der Waals surface area contributed by atoms with Gasteiger partial charge in [0, 0.05) is 33.2 Å². The summed E-state index contributed by atoms with van der Waals surface area (Å²) in [6.07, 6.45) is 1.52. The lowest BCUT2D eigenvalue weighted by molar-refractivity contribution is -0.131. The fourth-order valence-corrected chi connectivity index (χ4v) is 4.81. The zero-order valence-electron chi connectivity index (χ0n) is 21.2. The molecular weight excluding hydrogens is 492 g/mol. The minimum atomic E-state index is -1.16. The molecule has 0 bridgehead atoms. The van der Waals surface area contributed by atoms with Gasteiger partial charge >= 0.3 is 11.8 Å². The standard InChI is InChI=1S/C27H32N4O7/c1-37-14-4-13-31-22-16-19(10-11-23(22)38-27(31)36)18-8-6-17(7-9-18)15-20(24(28)32)29-25(33)21-5-2-3-12-30(21)26(34)35/h6-11,16,20-21H,2-5,12-15H2,1H3,(H2,28,32)(H,29,33)(H,34,35). The van der Waals surface area contributed by atoms with Gasteiger partial charge in [0.2, 0.25) is 11.8 Å². The van der Waals surface area contributed by atoms with Gasteiger partial charge in [-0.15, -0.1) is 0 Å². The van der Waals surface area contributed by atoms with Crippen LogP contribution in [0.1, 0.15) is 31.2 Å². The van der Waals surface area contributed by atoms with E-state index < -0.39 is 35.7 Å². The third kappa shape index (κ3) is 6.05. The molecule has 1 fully saturated rings. The van der Waals surface area contributed by atoms with E-state index in [9.17, 15) is 24.3 Å². The molecule has 4 N–H and O–H groups in total. The summed E-state index contributed by atoms with van der Waals surface area (Å²) in [6, 6.07) is 11.2. The highest BCUT2D eigenvalue weighted by molar-refractivity contribution is 5.91. The van der Waals surface area contributed by atoms with Crippen molar-refractivity contribution in [3.8, 4) is 11.1 Å². The number of hydrogen-bond acceptors (Lipinski definition) is 6. The van der Waals surface area contributed by atoms with E-state index in [1.54, 1.807) is 17.7 Å². The first-order chi connectivity index (χ1) is 18.3. The summed E-state index contributed by atoms with van der Waals surface area (Å²) in [7, 11) is 1.61. The maximum absolute atomic E-state index is 12.8. The SMILES string of the molecule is COCCCn1c(=O)oc2ccc(-c3ccc(CC(NC(=O)C4CCCCN4C(=O)O)C(N)=O)cc3)cc21. The first-order valence-corrected chi connectivity index (χ1v) is 12.6. The zero-order valence-corrected chi connectivity index (χ0v) is 21.2. The van der Waals surface area contributed by atoms with Crippen molar-refractivity contribution in [1.29, 1.82) is 0 Å². The summed E-state index contributed by atoms with van der Waals surface area (Å²) in [4.78, 5) is 49.8. The predicted octanol–water partition coefficient (Wildman–Crippen LogP) is 2.34. The molecule has 3 aromatic rings. The largest absolute Gasteiger partial charge is 0.465 e. The summed E-state index contributed by atoms with van der Waals surface area (Å²) < 4.78 is 12.0. The number of ether oxygens (including phenoxy) is 1. The van der Waals surface area contributed by atoms with E-state index in [1.165, 1.54) is 0 Å². The van der Waals surface area contributed by atoms with Crippen LogP contribution in [0.25, 0.3) is 22.2 Å². The number of methoxy groups -OCH3 is 1. The van der Waals surface area contributed by atoms with Gasteiger partial charge in [0.05, 0.1) is 5.52 Å². The van der Waals surface area contributed by atoms with Crippen molar-refractivity contribution in [2.24, 2.45) is 5.73 Å². The molecule has 0 radical (unpaired) electrons. The zero-order chi connectivity index (χ0) is 27.2. The number of piperidine rings is 1. The number of amides is 3. The van der Waals surface area contributed by atoms with Crippen LogP contribution in [0, 0.1) is 0 Å². The molecule has 1 aliphatic heterocycles. The lowest BCUT2D eigenvalue weighted by Gasteiger charge is -2.33. The first-order valence-electron chi connectivity index (χ1n) is 12.6. The summed E-state index contributed by atoms with van der Waals surface area (Å²) in [5, 5.41) is 12.1. The highest BCUT2D eigenvalue weighted by Crippen LogP contribution is 2.25. The molecule has 2 aromatic carbocycles. The van der Waals surface area contributed by atoms with Gasteiger partial charge in [-0.05, 0) is 54.5 Å². The van der Waals surface area contributed by atoms with Crippen LogP contribution in [0.2, 0.25) is 0 Å². The molecule has 2 heterocycles. The molecular formula is C27H32N4O7. The number of benzene rings is 2. The first kappa shape index (κ1) is 26.9. The minimum Gasteiger partial charge on any atom is -0.465 e. The number of rotatable bonds is 10. The number of carbonyl (C=O) groups excluding carboxylic acids is 2. The number of nitrogens with two attached hydrogens (primary N) is 1. The Hall–Kier alpha value is -4.12. The predicted molar refractivity (Wildman–Crippen MR) is 140 cm³/mol. The van der Waals surface area contributed by atoms with Crippen molar-refractivity contribution in [3.63, 3.8) is 0 Å². The molecule has 1 aromatic heterocycles. The number of primary amides is 1. The van der Waals surface area contributed by atoms with Crippen LogP contribution in [0.5, 0.6) is 0 Å². The molecule has 4 rings (SSSR count). The highest BCUT2D eigenvalue weighted by atomic mass is 16.5. The third-order valence-electron chi connectivity index (χ3n) is 6.84. The summed E-state index contributed by atoms with van der Waals surface area (Å²) >= 11 is 0. The van der Waals surface area contributed by atoms with E-state index in [-0.39, 0.29) is 13.0 Å². The van der Waals surface area contributed by atoms with E-state index in [0.29, 0.717) is 43.5 Å². The second kappa shape index (κ2) is 12.0. The number of carboxylic acid groups (broad SMARTS) is 1. The van der Waals surface area contributed by atoms with E-state index >= 15 is 0 Å². The Morgan fingerprint density at radius 3 is 2.58 bits per heavy atom. The quantitative estimate of drug-likeness (QED) is 0.344. The van der Waals surface area contributed by atoms with Crippen molar-refractivity contribution in [1.82, 2.24) is 14.8 Å². The lowest BCUT2D eigenvalue weighted by atomic mass is 9.98. The topological polar surface area (TPSA) is 157 Å². The average molecular weight is 525 g/mol. The number of likely N-dealkylation sites (tertiary alicyclic amines) is 1. The maximum Gasteiger partial charge on any atom is 0.419 e. The molecule has 2 unspecified atom stereocenters. The van der Waals surface area contributed by atoms with E-state index in [2.05, 4.69) is 5.32 Å². The number of oxazole rings is 1. The number of nitrogens with zero attached hydrogens (tertiary/aromatic N) is 2. The van der Waals surface area contributed by atoms with Crippen LogP contribution in [0.3, 0.4) is 0 Å². The van der Waals surface area contributed by atoms with Gasteiger partial charge in [-0.1, -0.05) is 30.3 Å². The molecule has 1 saturated heterocycles. The monoisotopic (exact) mass is 524 g/mol. The van der Waals surface area contributed by atoms with Gasteiger partial charge < -0.3 is 25.3 Å². The highest BCUT2D eigenvalue weighted by Gasteiger charge is 2.33. The van der Waals surface area contributed by atoms with Gasteiger partial charge in [-0.3, -0.25) is 19.1 Å². The summed E-state index contributed by atoms with van der Waals surface area (Å²) in [5.74, 6) is -1.63. The molecule has 0 aliphatic carbocycles. The number of aromatic nitrogens is 1. The fraction of sp³-hybridized carbons (Fsp3) is 0.407. The Labute approximate surface area is 219 Å². The molecule has 2 atom stereocenters. The summed E-state index contributed by atoms with van der Waals surface area (Å²) in [6.45, 7) is 1.29. The Bertz CT molecular complexity index is 1360. The Balaban J connectivity index is 1.47. The van der Waals surface area contributed by atoms with Gasteiger partial charge in [0.1, 0.15) is 12.1 Å². The summed E-state index contributed by atoms with van der Waals surface area (Å²) in [5.41, 5.74) is 9.32. The smallest absolute Gasteiger partial charge is 0.419 e. The van der Waals surface area contributed by atoms with Crippen molar-refractivity contribution >= 4 is 29.0 Å². The molecule has 3 amide bonds. The Morgan fingerprint density at radius 2 is 1.89 bits per heavy atom. The number of fused-ring (bicyclic) bond motifs is 1. The van der Waals surface area contributed by atoms with Crippen molar-refractivity contribution < 1.29 is 28.6 Å². The molecule has 202 valence electrons. The van der Waals surface area contributed by atoms with Crippen LogP contribution in [0.15, 0.2) is 51.7 Å². The lowest BCUT2D eigenvalue weighted by Crippen LogP contribution is -2.56. The van der Waals surface area contributed by atoms with E-state index in [0.717, 1.165) is 28.0 Å². The average Bonchev–Trinajstić information content (AvgIpc) is 3.22. The molecule has 0 saturated carbocycles. The number of carbonyl (C=O) groups is 3. The van der Waals surface area contributed by atoms with Gasteiger partial charge in [0.25, 0.3) is 0 Å². The van der Waals surface area contributed by atoms with Crippen molar-refractivity contribution in [2.75, 3.05) is 20.3 Å². The maximum atomic E-state index is 12.8. The van der Waals surface area contributed by atoms with Crippen LogP contribution in [-0.2, 0) is 27.3 Å². The van der Waals surface area contributed by atoms with Crippen LogP contribution in [-0.4, -0.2) is 64.8 Å². The van der Waals surface area contributed by atoms with Gasteiger partial charge in [-0.2, -0.15) is 0 Å². The Kier molecular flexibility index (Phi) is 8.47. The minimum absolute atomic E-state index is 0.168. The van der Waals surface area contributed by atoms with Crippen LogP contribution >= 0.6 is 0 Å². The second-order valence-electron chi connectivity index (χ2n) is 9.40. The van der Waals surface area contributed by atoms with Gasteiger partial charge in [-0.25, -0.2) is 9.59 Å². The van der Waals surface area contributed by atoms with Gasteiger partial charge in [0.15, 0.2) is 5.58 Å². The number of hydrogen-bond donors (Lipinski definition) is 3. The molecule has 11 nitrogen and oxygen atoms in total. The third-order valence-corrected chi connectivity index (χ3v) is 6.84. The normalized spacial score (nSPS) is 16.3. The molecule has 0 spiro atoms. The van der Waals surface area contributed by atoms with Crippen molar-refractivity contribution in [3.05, 3.63) is 58.6 Å². The second-order valence-corrected chi connectivity index (χ2v) is 9.40. The molecule has 11 heteroatoms. The van der Waals surface area contributed by atoms with E-state index in [1.807, 2.05) is 36.4 Å². The number of aryl methyl sites for hydroxylation is 1.